The Hall–Kier alpha value is -3.12. The third-order valence-corrected chi connectivity index (χ3v) is 4.62. The number of phenols is 1. The highest BCUT2D eigenvalue weighted by atomic mass is 16.6. The molecule has 2 aromatic rings. The first-order valence-electron chi connectivity index (χ1n) is 9.40. The molecule has 0 unspecified atom stereocenters. The monoisotopic (exact) mass is 396 g/mol. The average Bonchev–Trinajstić information content (AvgIpc) is 3.49. The van der Waals surface area contributed by atoms with Crippen LogP contribution in [0.2, 0.25) is 0 Å². The molecule has 6 nitrogen and oxygen atoms in total. The van der Waals surface area contributed by atoms with Gasteiger partial charge >= 0.3 is 11.9 Å². The predicted molar refractivity (Wildman–Crippen MR) is 107 cm³/mol. The van der Waals surface area contributed by atoms with E-state index in [0.29, 0.717) is 16.9 Å². The molecule has 1 atom stereocenters. The quantitative estimate of drug-likeness (QED) is 0.332. The van der Waals surface area contributed by atoms with Gasteiger partial charge in [0.2, 0.25) is 0 Å². The summed E-state index contributed by atoms with van der Waals surface area (Å²) in [7, 11) is 0. The number of esters is 2. The maximum Gasteiger partial charge on any atom is 0.330 e. The second-order valence-corrected chi connectivity index (χ2v) is 7.35. The molecule has 0 amide bonds. The number of aromatic hydroxyl groups is 1. The zero-order valence-electron chi connectivity index (χ0n) is 16.7. The van der Waals surface area contributed by atoms with Crippen molar-refractivity contribution >= 4 is 18.0 Å². The third kappa shape index (κ3) is 5.03. The Balaban J connectivity index is 1.74. The van der Waals surface area contributed by atoms with Gasteiger partial charge in [-0.2, -0.15) is 0 Å². The lowest BCUT2D eigenvalue weighted by molar-refractivity contribution is -0.140. The molecule has 0 bridgehead atoms. The number of epoxide rings is 1. The first-order valence-corrected chi connectivity index (χ1v) is 9.40. The van der Waals surface area contributed by atoms with Crippen molar-refractivity contribution in [3.8, 4) is 11.5 Å². The van der Waals surface area contributed by atoms with Gasteiger partial charge < -0.3 is 19.3 Å². The van der Waals surface area contributed by atoms with E-state index in [1.807, 2.05) is 30.3 Å². The number of rotatable bonds is 7. The van der Waals surface area contributed by atoms with Crippen molar-refractivity contribution in [3.63, 3.8) is 0 Å². The highest BCUT2D eigenvalue weighted by molar-refractivity contribution is 5.87. The number of benzene rings is 2. The summed E-state index contributed by atoms with van der Waals surface area (Å²) in [6.07, 6.45) is 3.01. The first kappa shape index (κ1) is 20.6. The van der Waals surface area contributed by atoms with Crippen LogP contribution < -0.4 is 4.74 Å². The minimum atomic E-state index is -0.936. The van der Waals surface area contributed by atoms with E-state index in [2.05, 4.69) is 0 Å². The highest BCUT2D eigenvalue weighted by Crippen LogP contribution is 2.46. The molecule has 1 heterocycles. The van der Waals surface area contributed by atoms with E-state index in [4.69, 9.17) is 14.2 Å². The predicted octanol–water partition coefficient (Wildman–Crippen LogP) is 3.74. The van der Waals surface area contributed by atoms with Crippen molar-refractivity contribution in [1.82, 2.24) is 0 Å². The molecule has 1 fully saturated rings. The van der Waals surface area contributed by atoms with Crippen LogP contribution >= 0.6 is 0 Å². The zero-order valence-corrected chi connectivity index (χ0v) is 16.7. The summed E-state index contributed by atoms with van der Waals surface area (Å²) >= 11 is 0. The van der Waals surface area contributed by atoms with Crippen LogP contribution in [-0.4, -0.2) is 30.3 Å². The van der Waals surface area contributed by atoms with Crippen molar-refractivity contribution in [1.29, 1.82) is 0 Å². The molecular formula is C23H24O6. The van der Waals surface area contributed by atoms with Crippen molar-refractivity contribution in [2.24, 2.45) is 5.92 Å². The maximum absolute atomic E-state index is 12.1. The van der Waals surface area contributed by atoms with Crippen molar-refractivity contribution in [3.05, 3.63) is 65.2 Å². The third-order valence-electron chi connectivity index (χ3n) is 4.62. The molecule has 0 radical (unpaired) electrons. The van der Waals surface area contributed by atoms with Crippen LogP contribution in [0.5, 0.6) is 11.5 Å². The fourth-order valence-corrected chi connectivity index (χ4v) is 2.70. The zero-order chi connectivity index (χ0) is 21.0. The maximum atomic E-state index is 12.1. The van der Waals surface area contributed by atoms with Gasteiger partial charge in [-0.15, -0.1) is 0 Å². The summed E-state index contributed by atoms with van der Waals surface area (Å²) in [6, 6.07) is 12.5. The van der Waals surface area contributed by atoms with Crippen LogP contribution in [0.15, 0.2) is 48.5 Å². The van der Waals surface area contributed by atoms with E-state index in [1.165, 1.54) is 12.1 Å². The van der Waals surface area contributed by atoms with Gasteiger partial charge in [-0.3, -0.25) is 4.79 Å². The smallest absolute Gasteiger partial charge is 0.330 e. The molecular weight excluding hydrogens is 372 g/mol. The minimum Gasteiger partial charge on any atom is -0.508 e. The fraction of sp³-hybridized carbons (Fsp3) is 0.304. The van der Waals surface area contributed by atoms with E-state index in [1.54, 1.807) is 32.9 Å². The molecule has 0 saturated carbocycles. The van der Waals surface area contributed by atoms with E-state index < -0.39 is 17.5 Å². The van der Waals surface area contributed by atoms with Crippen LogP contribution in [0.4, 0.5) is 0 Å². The molecule has 1 saturated heterocycles. The number of aryl methyl sites for hydroxylation is 1. The van der Waals surface area contributed by atoms with E-state index in [0.717, 1.165) is 5.56 Å². The number of hydrogen-bond acceptors (Lipinski definition) is 6. The molecule has 6 heteroatoms. The lowest BCUT2D eigenvalue weighted by Crippen LogP contribution is -2.23. The molecule has 3 rings (SSSR count). The van der Waals surface area contributed by atoms with Crippen LogP contribution in [0, 0.1) is 12.8 Å². The van der Waals surface area contributed by atoms with Crippen LogP contribution in [0.3, 0.4) is 0 Å². The number of ether oxygens (including phenoxy) is 3. The molecule has 2 aromatic carbocycles. The normalized spacial score (nSPS) is 18.1. The summed E-state index contributed by atoms with van der Waals surface area (Å²) in [6.45, 7) is 5.41. The Kier molecular flexibility index (Phi) is 6.03. The number of hydrogen-bond donors (Lipinski definition) is 1. The molecule has 0 aliphatic carbocycles. The SMILES string of the molecule is Cc1cc(OC(=O)C(C)C)c([C@@]2(COC(=O)C=Cc3ccccc3)CO2)cc1O. The standard InChI is InChI=1S/C23H24O6/c1-15(2)22(26)29-20-11-16(3)19(24)12-18(20)23(14-28-23)13-27-21(25)10-9-17-7-5-4-6-8-17/h4-12,15,24H,13-14H2,1-3H3/t23-/m1/s1. The summed E-state index contributed by atoms with van der Waals surface area (Å²) in [5.74, 6) is -0.869. The molecule has 1 aliphatic heterocycles. The second-order valence-electron chi connectivity index (χ2n) is 7.35. The van der Waals surface area contributed by atoms with Crippen molar-refractivity contribution < 1.29 is 28.9 Å². The number of carbonyl (C=O) groups is 2. The van der Waals surface area contributed by atoms with Gasteiger partial charge in [0.05, 0.1) is 12.5 Å². The van der Waals surface area contributed by atoms with Crippen LogP contribution in [0.25, 0.3) is 6.08 Å². The lowest BCUT2D eigenvalue weighted by Gasteiger charge is -2.18. The van der Waals surface area contributed by atoms with Gasteiger partial charge in [-0.05, 0) is 36.3 Å². The van der Waals surface area contributed by atoms with Crippen molar-refractivity contribution in [2.45, 2.75) is 26.4 Å². The highest BCUT2D eigenvalue weighted by Gasteiger charge is 2.50. The molecule has 1 aliphatic rings. The number of phenolic OH excluding ortho intramolecular Hbond substituents is 1. The Morgan fingerprint density at radius 2 is 1.93 bits per heavy atom. The Morgan fingerprint density at radius 3 is 2.55 bits per heavy atom. The van der Waals surface area contributed by atoms with Crippen molar-refractivity contribution in [2.75, 3.05) is 13.2 Å². The number of carbonyl (C=O) groups excluding carboxylic acids is 2. The second kappa shape index (κ2) is 8.49. The Bertz CT molecular complexity index is 926. The molecule has 0 spiro atoms. The Labute approximate surface area is 169 Å². The molecule has 1 N–H and O–H groups in total. The molecule has 0 aromatic heterocycles. The van der Waals surface area contributed by atoms with Gasteiger partial charge in [0.1, 0.15) is 18.1 Å². The van der Waals surface area contributed by atoms with Gasteiger partial charge in [-0.1, -0.05) is 44.2 Å². The summed E-state index contributed by atoms with van der Waals surface area (Å²) in [5, 5.41) is 10.1. The average molecular weight is 396 g/mol. The molecule has 152 valence electrons. The van der Waals surface area contributed by atoms with Crippen LogP contribution in [-0.2, 0) is 24.7 Å². The van der Waals surface area contributed by atoms with E-state index >= 15 is 0 Å². The van der Waals surface area contributed by atoms with E-state index in [-0.39, 0.29) is 24.9 Å². The first-order chi connectivity index (χ1) is 13.8. The minimum absolute atomic E-state index is 0.0505. The Morgan fingerprint density at radius 1 is 1.24 bits per heavy atom. The lowest BCUT2D eigenvalue weighted by atomic mass is 9.97. The topological polar surface area (TPSA) is 85.4 Å². The fourth-order valence-electron chi connectivity index (χ4n) is 2.70. The van der Waals surface area contributed by atoms with Crippen LogP contribution in [0.1, 0.15) is 30.5 Å². The largest absolute Gasteiger partial charge is 0.508 e. The van der Waals surface area contributed by atoms with Gasteiger partial charge in [-0.25, -0.2) is 4.79 Å². The van der Waals surface area contributed by atoms with Gasteiger partial charge in [0.15, 0.2) is 5.60 Å². The van der Waals surface area contributed by atoms with Gasteiger partial charge in [0.25, 0.3) is 0 Å². The van der Waals surface area contributed by atoms with Gasteiger partial charge in [0, 0.05) is 11.6 Å². The summed E-state index contributed by atoms with van der Waals surface area (Å²) in [5.41, 5.74) is 0.995. The van der Waals surface area contributed by atoms with E-state index in [9.17, 15) is 14.7 Å². The summed E-state index contributed by atoms with van der Waals surface area (Å²) in [4.78, 5) is 24.2. The molecule has 29 heavy (non-hydrogen) atoms. The summed E-state index contributed by atoms with van der Waals surface area (Å²) < 4.78 is 16.4.